The van der Waals surface area contributed by atoms with E-state index in [1.54, 1.807) is 11.3 Å². The summed E-state index contributed by atoms with van der Waals surface area (Å²) in [5.74, 6) is 0.919. The molecular weight excluding hydrogens is 300 g/mol. The molecule has 0 aliphatic heterocycles. The first-order chi connectivity index (χ1) is 11.4. The fraction of sp³-hybridized carbons (Fsp3) is 0.100. The Morgan fingerprint density at radius 2 is 1.57 bits per heavy atom. The van der Waals surface area contributed by atoms with Crippen LogP contribution in [0.4, 0.5) is 0 Å². The zero-order valence-electron chi connectivity index (χ0n) is 12.6. The van der Waals surface area contributed by atoms with Gasteiger partial charge >= 0.3 is 0 Å². The summed E-state index contributed by atoms with van der Waals surface area (Å²) in [6, 6.07) is 20.9. The first kappa shape index (κ1) is 14.1. The van der Waals surface area contributed by atoms with Gasteiger partial charge < -0.3 is 0 Å². The molecule has 0 fully saturated rings. The molecule has 3 heteroatoms. The first-order valence-electron chi connectivity index (χ1n) is 7.72. The third-order valence-corrected chi connectivity index (χ3v) is 4.84. The minimum absolute atomic E-state index is 0.874. The molecule has 0 aliphatic carbocycles. The first-order valence-corrected chi connectivity index (χ1v) is 8.60. The highest BCUT2D eigenvalue weighted by Crippen LogP contribution is 2.32. The van der Waals surface area contributed by atoms with Crippen LogP contribution < -0.4 is 0 Å². The highest BCUT2D eigenvalue weighted by Gasteiger charge is 2.09. The highest BCUT2D eigenvalue weighted by atomic mass is 32.1. The molecule has 0 saturated heterocycles. The molecule has 2 aromatic heterocycles. The van der Waals surface area contributed by atoms with Crippen LogP contribution in [0.3, 0.4) is 0 Å². The summed E-state index contributed by atoms with van der Waals surface area (Å²) < 4.78 is 0. The molecule has 0 bridgehead atoms. The van der Waals surface area contributed by atoms with Gasteiger partial charge in [0.15, 0.2) is 0 Å². The maximum absolute atomic E-state index is 4.74. The maximum atomic E-state index is 4.74. The average molecular weight is 316 g/mol. The van der Waals surface area contributed by atoms with Gasteiger partial charge in [-0.15, -0.1) is 11.3 Å². The van der Waals surface area contributed by atoms with Crippen LogP contribution in [0.1, 0.15) is 11.4 Å². The molecule has 0 amide bonds. The predicted molar refractivity (Wildman–Crippen MR) is 96.7 cm³/mol. The standard InChI is InChI=1S/C20H16N2S/c1-3-7-15(8-4-1)11-12-19-21-13-17-18(14-23-20(17)22-19)16-9-5-2-6-10-16/h1-10,13-14H,11-12H2. The molecule has 2 nitrogen and oxygen atoms in total. The Morgan fingerprint density at radius 1 is 0.826 bits per heavy atom. The van der Waals surface area contributed by atoms with E-state index in [-0.39, 0.29) is 0 Å². The van der Waals surface area contributed by atoms with Crippen LogP contribution in [0.5, 0.6) is 0 Å². The predicted octanol–water partition coefficient (Wildman–Crippen LogP) is 5.14. The van der Waals surface area contributed by atoms with Crippen molar-refractivity contribution in [3.8, 4) is 11.1 Å². The molecule has 0 saturated carbocycles. The summed E-state index contributed by atoms with van der Waals surface area (Å²) in [6.07, 6.45) is 3.82. The zero-order valence-corrected chi connectivity index (χ0v) is 13.5. The van der Waals surface area contributed by atoms with Gasteiger partial charge in [-0.3, -0.25) is 0 Å². The molecule has 0 N–H and O–H groups in total. The van der Waals surface area contributed by atoms with Gasteiger partial charge in [-0.1, -0.05) is 60.7 Å². The van der Waals surface area contributed by atoms with Gasteiger partial charge in [-0.2, -0.15) is 0 Å². The van der Waals surface area contributed by atoms with Crippen LogP contribution in [-0.4, -0.2) is 9.97 Å². The SMILES string of the molecule is c1ccc(CCc2ncc3c(-c4ccccc4)csc3n2)cc1. The lowest BCUT2D eigenvalue weighted by atomic mass is 10.1. The third-order valence-electron chi connectivity index (χ3n) is 3.95. The summed E-state index contributed by atoms with van der Waals surface area (Å²) in [7, 11) is 0. The van der Waals surface area contributed by atoms with Gasteiger partial charge in [0, 0.05) is 28.9 Å². The summed E-state index contributed by atoms with van der Waals surface area (Å²) in [5, 5.41) is 3.32. The number of rotatable bonds is 4. The summed E-state index contributed by atoms with van der Waals surface area (Å²) in [4.78, 5) is 10.4. The van der Waals surface area contributed by atoms with Crippen molar-refractivity contribution in [2.45, 2.75) is 12.8 Å². The number of thiophene rings is 1. The van der Waals surface area contributed by atoms with Gasteiger partial charge in [0.1, 0.15) is 10.7 Å². The number of aromatic nitrogens is 2. The normalized spacial score (nSPS) is 11.0. The van der Waals surface area contributed by atoms with E-state index in [0.29, 0.717) is 0 Å². The van der Waals surface area contributed by atoms with Crippen LogP contribution in [0, 0.1) is 0 Å². The molecule has 23 heavy (non-hydrogen) atoms. The molecule has 0 spiro atoms. The lowest BCUT2D eigenvalue weighted by Crippen LogP contribution is -1.97. The molecule has 4 rings (SSSR count). The van der Waals surface area contributed by atoms with Crippen LogP contribution in [0.25, 0.3) is 21.3 Å². The van der Waals surface area contributed by atoms with E-state index in [1.807, 2.05) is 18.3 Å². The lowest BCUT2D eigenvalue weighted by Gasteiger charge is -2.02. The van der Waals surface area contributed by atoms with Crippen LogP contribution in [0.2, 0.25) is 0 Å². The molecule has 112 valence electrons. The third kappa shape index (κ3) is 3.01. The molecule has 2 aromatic carbocycles. The van der Waals surface area contributed by atoms with E-state index in [1.165, 1.54) is 16.7 Å². The molecule has 2 heterocycles. The van der Waals surface area contributed by atoms with Crippen molar-refractivity contribution in [2.24, 2.45) is 0 Å². The second kappa shape index (κ2) is 6.31. The van der Waals surface area contributed by atoms with Crippen LogP contribution in [0.15, 0.2) is 72.2 Å². The zero-order chi connectivity index (χ0) is 15.5. The van der Waals surface area contributed by atoms with Crippen molar-refractivity contribution in [3.05, 3.63) is 83.6 Å². The van der Waals surface area contributed by atoms with E-state index in [2.05, 4.69) is 58.9 Å². The maximum Gasteiger partial charge on any atom is 0.130 e. The Balaban J connectivity index is 1.60. The van der Waals surface area contributed by atoms with Gasteiger partial charge in [-0.25, -0.2) is 9.97 Å². The van der Waals surface area contributed by atoms with E-state index in [0.717, 1.165) is 28.9 Å². The number of fused-ring (bicyclic) bond motifs is 1. The molecular formula is C20H16N2S. The van der Waals surface area contributed by atoms with Gasteiger partial charge in [0.2, 0.25) is 0 Å². The van der Waals surface area contributed by atoms with E-state index in [9.17, 15) is 0 Å². The van der Waals surface area contributed by atoms with Crippen molar-refractivity contribution in [3.63, 3.8) is 0 Å². The Labute approximate surface area is 139 Å². The summed E-state index contributed by atoms with van der Waals surface area (Å²) in [5.41, 5.74) is 3.77. The fourth-order valence-electron chi connectivity index (χ4n) is 2.72. The van der Waals surface area contributed by atoms with Crippen LogP contribution >= 0.6 is 11.3 Å². The molecule has 0 radical (unpaired) electrons. The van der Waals surface area contributed by atoms with E-state index in [4.69, 9.17) is 4.98 Å². The number of hydrogen-bond donors (Lipinski definition) is 0. The Morgan fingerprint density at radius 3 is 2.35 bits per heavy atom. The van der Waals surface area contributed by atoms with E-state index < -0.39 is 0 Å². The van der Waals surface area contributed by atoms with Crippen molar-refractivity contribution in [2.75, 3.05) is 0 Å². The van der Waals surface area contributed by atoms with Gasteiger partial charge in [-0.05, 0) is 17.5 Å². The monoisotopic (exact) mass is 316 g/mol. The topological polar surface area (TPSA) is 25.8 Å². The number of benzene rings is 2. The van der Waals surface area contributed by atoms with Crippen molar-refractivity contribution in [1.82, 2.24) is 9.97 Å². The largest absolute Gasteiger partial charge is 0.241 e. The Hall–Kier alpha value is -2.52. The number of hydrogen-bond acceptors (Lipinski definition) is 3. The highest BCUT2D eigenvalue weighted by molar-refractivity contribution is 7.17. The van der Waals surface area contributed by atoms with Crippen molar-refractivity contribution >= 4 is 21.6 Å². The molecule has 4 aromatic rings. The fourth-order valence-corrected chi connectivity index (χ4v) is 3.66. The molecule has 0 aliphatic rings. The number of aryl methyl sites for hydroxylation is 2. The van der Waals surface area contributed by atoms with Crippen molar-refractivity contribution in [1.29, 1.82) is 0 Å². The lowest BCUT2D eigenvalue weighted by molar-refractivity contribution is 0.871. The average Bonchev–Trinajstić information content (AvgIpc) is 3.05. The Kier molecular flexibility index (Phi) is 3.86. The Bertz CT molecular complexity index is 914. The second-order valence-corrected chi connectivity index (χ2v) is 6.36. The molecule has 0 atom stereocenters. The summed E-state index contributed by atoms with van der Waals surface area (Å²) in [6.45, 7) is 0. The minimum Gasteiger partial charge on any atom is -0.241 e. The number of nitrogens with zero attached hydrogens (tertiary/aromatic N) is 2. The smallest absolute Gasteiger partial charge is 0.130 e. The van der Waals surface area contributed by atoms with Crippen LogP contribution in [-0.2, 0) is 12.8 Å². The minimum atomic E-state index is 0.874. The quantitative estimate of drug-likeness (QED) is 0.521. The summed E-state index contributed by atoms with van der Waals surface area (Å²) >= 11 is 1.69. The molecule has 0 unspecified atom stereocenters. The van der Waals surface area contributed by atoms with Gasteiger partial charge in [0.05, 0.1) is 0 Å². The van der Waals surface area contributed by atoms with E-state index >= 15 is 0 Å². The second-order valence-electron chi connectivity index (χ2n) is 5.51. The van der Waals surface area contributed by atoms with Gasteiger partial charge in [0.25, 0.3) is 0 Å². The van der Waals surface area contributed by atoms with Crippen molar-refractivity contribution < 1.29 is 0 Å².